The Morgan fingerprint density at radius 1 is 1.25 bits per heavy atom. The summed E-state index contributed by atoms with van der Waals surface area (Å²) < 4.78 is 16.9. The molecule has 142 valence electrons. The molecule has 0 radical (unpaired) electrons. The molecular weight excluding hydrogens is 363 g/mol. The molecule has 4 rings (SSSR count). The summed E-state index contributed by atoms with van der Waals surface area (Å²) in [4.78, 5) is 28.3. The van der Waals surface area contributed by atoms with Crippen LogP contribution in [0.2, 0.25) is 0 Å². The van der Waals surface area contributed by atoms with E-state index in [1.807, 2.05) is 0 Å². The lowest BCUT2D eigenvalue weighted by atomic mass is 10.0. The van der Waals surface area contributed by atoms with Crippen molar-refractivity contribution < 1.29 is 14.3 Å². The number of benzene rings is 1. The van der Waals surface area contributed by atoms with E-state index in [-0.39, 0.29) is 17.8 Å². The van der Waals surface area contributed by atoms with Crippen molar-refractivity contribution in [3.63, 3.8) is 0 Å². The molecule has 0 aliphatic carbocycles. The third-order valence-corrected chi connectivity index (χ3v) is 4.86. The molecule has 3 heterocycles. The number of fused-ring (bicyclic) bond motifs is 2. The molecule has 1 aromatic carbocycles. The Bertz CT molecular complexity index is 1290. The van der Waals surface area contributed by atoms with Gasteiger partial charge < -0.3 is 19.8 Å². The van der Waals surface area contributed by atoms with Crippen molar-refractivity contribution in [1.29, 1.82) is 0 Å². The van der Waals surface area contributed by atoms with Crippen LogP contribution in [-0.2, 0) is 18.3 Å². The molecular formula is C20H17FN4O3. The zero-order valence-corrected chi connectivity index (χ0v) is 15.0. The van der Waals surface area contributed by atoms with Crippen LogP contribution < -0.4 is 11.3 Å². The summed E-state index contributed by atoms with van der Waals surface area (Å²) in [5.74, 6) is -1.48. The number of carbonyl (C=O) groups is 1. The van der Waals surface area contributed by atoms with Crippen molar-refractivity contribution in [3.8, 4) is 11.1 Å². The molecule has 8 heteroatoms. The zero-order chi connectivity index (χ0) is 20.0. The average molecular weight is 380 g/mol. The lowest BCUT2D eigenvalue weighted by molar-refractivity contribution is -0.138. The molecule has 0 amide bonds. The molecule has 28 heavy (non-hydrogen) atoms. The molecule has 0 aliphatic rings. The van der Waals surface area contributed by atoms with Crippen LogP contribution in [-0.4, -0.2) is 31.1 Å². The van der Waals surface area contributed by atoms with Crippen LogP contribution >= 0.6 is 0 Å². The maximum atomic E-state index is 13.7. The van der Waals surface area contributed by atoms with Gasteiger partial charge in [0.15, 0.2) is 0 Å². The number of hydrogen-bond acceptors (Lipinski definition) is 4. The molecule has 4 aromatic rings. The van der Waals surface area contributed by atoms with E-state index in [2.05, 4.69) is 4.98 Å². The maximum Gasteiger partial charge on any atom is 0.320 e. The summed E-state index contributed by atoms with van der Waals surface area (Å²) >= 11 is 0. The summed E-state index contributed by atoms with van der Waals surface area (Å²) in [6.45, 7) is 0. The van der Waals surface area contributed by atoms with E-state index in [9.17, 15) is 14.0 Å². The fourth-order valence-corrected chi connectivity index (χ4v) is 3.40. The van der Waals surface area contributed by atoms with Gasteiger partial charge in [0.05, 0.1) is 11.1 Å². The highest BCUT2D eigenvalue weighted by atomic mass is 19.1. The van der Waals surface area contributed by atoms with E-state index in [1.165, 1.54) is 16.7 Å². The van der Waals surface area contributed by atoms with E-state index in [1.54, 1.807) is 48.1 Å². The van der Waals surface area contributed by atoms with Gasteiger partial charge in [-0.15, -0.1) is 0 Å². The van der Waals surface area contributed by atoms with E-state index in [4.69, 9.17) is 10.8 Å². The minimum absolute atomic E-state index is 0.114. The van der Waals surface area contributed by atoms with E-state index < -0.39 is 12.0 Å². The highest BCUT2D eigenvalue weighted by molar-refractivity contribution is 5.87. The molecule has 0 fully saturated rings. The summed E-state index contributed by atoms with van der Waals surface area (Å²) in [5.41, 5.74) is 8.16. The smallest absolute Gasteiger partial charge is 0.320 e. The van der Waals surface area contributed by atoms with Gasteiger partial charge in [-0.25, -0.2) is 9.37 Å². The zero-order valence-electron chi connectivity index (χ0n) is 15.0. The number of nitrogens with two attached hydrogens (primary N) is 1. The van der Waals surface area contributed by atoms with Crippen molar-refractivity contribution in [2.75, 3.05) is 0 Å². The van der Waals surface area contributed by atoms with Gasteiger partial charge in [-0.1, -0.05) is 0 Å². The number of rotatable bonds is 4. The van der Waals surface area contributed by atoms with Crippen molar-refractivity contribution in [1.82, 2.24) is 14.0 Å². The second-order valence-corrected chi connectivity index (χ2v) is 6.63. The van der Waals surface area contributed by atoms with Gasteiger partial charge >= 0.3 is 5.97 Å². The third kappa shape index (κ3) is 2.84. The van der Waals surface area contributed by atoms with Gasteiger partial charge in [0.1, 0.15) is 17.5 Å². The van der Waals surface area contributed by atoms with Crippen LogP contribution in [0.1, 0.15) is 5.69 Å². The maximum absolute atomic E-state index is 13.7. The second kappa shape index (κ2) is 6.58. The quantitative estimate of drug-likeness (QED) is 0.563. The Kier molecular flexibility index (Phi) is 4.20. The van der Waals surface area contributed by atoms with Crippen molar-refractivity contribution >= 4 is 22.5 Å². The number of aliphatic carboxylic acids is 1. The number of aryl methyl sites for hydroxylation is 1. The average Bonchev–Trinajstić information content (AvgIpc) is 3.15. The predicted molar refractivity (Wildman–Crippen MR) is 103 cm³/mol. The van der Waals surface area contributed by atoms with Crippen LogP contribution in [0, 0.1) is 5.82 Å². The summed E-state index contributed by atoms with van der Waals surface area (Å²) in [6, 6.07) is 8.30. The SMILES string of the molecule is Cn1c(=O)c(-c2ccc(C[C@H](N)C(=O)O)n3ccnc23)cc2cc(F)ccc21. The number of hydrogen-bond donors (Lipinski definition) is 2. The Labute approximate surface area is 158 Å². The van der Waals surface area contributed by atoms with E-state index >= 15 is 0 Å². The highest BCUT2D eigenvalue weighted by Crippen LogP contribution is 2.26. The normalized spacial score (nSPS) is 12.5. The van der Waals surface area contributed by atoms with Gasteiger partial charge in [-0.2, -0.15) is 0 Å². The lowest BCUT2D eigenvalue weighted by Gasteiger charge is -2.13. The first-order chi connectivity index (χ1) is 13.4. The number of nitrogens with zero attached hydrogens (tertiary/aromatic N) is 3. The van der Waals surface area contributed by atoms with Crippen molar-refractivity contribution in [2.45, 2.75) is 12.5 Å². The standard InChI is InChI=1S/C20H17FN4O3/c1-24-17-5-2-12(21)8-11(17)9-15(19(24)26)14-4-3-13(10-16(22)20(27)28)25-7-6-23-18(14)25/h2-9,16H,10,22H2,1H3,(H,27,28)/t16-/m0/s1. The first kappa shape index (κ1) is 17.9. The Balaban J connectivity index is 1.93. The number of carboxylic acids is 1. The molecule has 1 atom stereocenters. The van der Waals surface area contributed by atoms with E-state index in [0.717, 1.165) is 0 Å². The Morgan fingerprint density at radius 3 is 2.79 bits per heavy atom. The van der Waals surface area contributed by atoms with Crippen LogP contribution in [0.5, 0.6) is 0 Å². The fourth-order valence-electron chi connectivity index (χ4n) is 3.40. The summed E-state index contributed by atoms with van der Waals surface area (Å²) in [5, 5.41) is 9.66. The second-order valence-electron chi connectivity index (χ2n) is 6.63. The lowest BCUT2D eigenvalue weighted by Crippen LogP contribution is -2.32. The first-order valence-electron chi connectivity index (χ1n) is 8.60. The topological polar surface area (TPSA) is 103 Å². The fraction of sp³-hybridized carbons (Fsp3) is 0.150. The third-order valence-electron chi connectivity index (χ3n) is 4.86. The predicted octanol–water partition coefficient (Wildman–Crippen LogP) is 1.95. The minimum Gasteiger partial charge on any atom is -0.480 e. The molecule has 0 bridgehead atoms. The molecule has 3 N–H and O–H groups in total. The van der Waals surface area contributed by atoms with Crippen LogP contribution in [0.4, 0.5) is 4.39 Å². The number of carboxylic acid groups (broad SMARTS) is 1. The van der Waals surface area contributed by atoms with Crippen LogP contribution in [0.15, 0.2) is 53.6 Å². The number of halogens is 1. The highest BCUT2D eigenvalue weighted by Gasteiger charge is 2.18. The van der Waals surface area contributed by atoms with Gasteiger partial charge in [0.25, 0.3) is 5.56 Å². The number of aromatic nitrogens is 3. The molecule has 0 saturated carbocycles. The molecule has 0 spiro atoms. The molecule has 7 nitrogen and oxygen atoms in total. The first-order valence-corrected chi connectivity index (χ1v) is 8.60. The van der Waals surface area contributed by atoms with Crippen LogP contribution in [0.3, 0.4) is 0 Å². The molecule has 0 unspecified atom stereocenters. The molecule has 3 aromatic heterocycles. The van der Waals surface area contributed by atoms with Gasteiger partial charge in [-0.05, 0) is 36.4 Å². The Hall–Kier alpha value is -3.52. The van der Waals surface area contributed by atoms with Crippen molar-refractivity contribution in [2.24, 2.45) is 12.8 Å². The monoisotopic (exact) mass is 380 g/mol. The molecule has 0 saturated heterocycles. The molecule has 0 aliphatic heterocycles. The van der Waals surface area contributed by atoms with E-state index in [0.29, 0.717) is 33.4 Å². The Morgan fingerprint density at radius 2 is 2.04 bits per heavy atom. The van der Waals surface area contributed by atoms with Crippen LogP contribution in [0.25, 0.3) is 27.7 Å². The summed E-state index contributed by atoms with van der Waals surface area (Å²) in [7, 11) is 1.63. The minimum atomic E-state index is -1.09. The van der Waals surface area contributed by atoms with Crippen molar-refractivity contribution in [3.05, 3.63) is 70.7 Å². The van der Waals surface area contributed by atoms with Gasteiger partial charge in [0, 0.05) is 42.5 Å². The largest absolute Gasteiger partial charge is 0.480 e. The summed E-state index contributed by atoms with van der Waals surface area (Å²) in [6.07, 6.45) is 3.37. The number of pyridine rings is 2. The van der Waals surface area contributed by atoms with Gasteiger partial charge in [0.2, 0.25) is 0 Å². The number of imidazole rings is 1. The van der Waals surface area contributed by atoms with Gasteiger partial charge in [-0.3, -0.25) is 9.59 Å².